The van der Waals surface area contributed by atoms with Crippen molar-refractivity contribution in [3.05, 3.63) is 34.9 Å². The summed E-state index contributed by atoms with van der Waals surface area (Å²) in [5.74, 6) is 0.0906. The van der Waals surface area contributed by atoms with Gasteiger partial charge in [0.1, 0.15) is 0 Å². The van der Waals surface area contributed by atoms with Crippen molar-refractivity contribution < 1.29 is 31.1 Å². The molecule has 0 aromatic heterocycles. The maximum absolute atomic E-state index is 13.2. The van der Waals surface area contributed by atoms with Crippen molar-refractivity contribution in [2.24, 2.45) is 11.8 Å². The third-order valence-electron chi connectivity index (χ3n) is 7.11. The Hall–Kier alpha value is -1.77. The molecule has 1 amide bonds. The number of carbonyl (C=O) groups excluding carboxylic acids is 1. The van der Waals surface area contributed by atoms with E-state index in [0.29, 0.717) is 24.0 Å². The van der Waals surface area contributed by atoms with Crippen LogP contribution in [0.1, 0.15) is 79.3 Å². The molecule has 31 heavy (non-hydrogen) atoms. The average Bonchev–Trinajstić information content (AvgIpc) is 3.34. The molecule has 3 unspecified atom stereocenters. The van der Waals surface area contributed by atoms with Crippen LogP contribution in [0.25, 0.3) is 0 Å². The van der Waals surface area contributed by atoms with Gasteiger partial charge in [0, 0.05) is 17.6 Å². The maximum Gasteiger partial charge on any atom is 0.416 e. The summed E-state index contributed by atoms with van der Waals surface area (Å²) >= 11 is 0. The highest BCUT2D eigenvalue weighted by atomic mass is 19.4. The van der Waals surface area contributed by atoms with Crippen LogP contribution in [0.5, 0.6) is 0 Å². The van der Waals surface area contributed by atoms with E-state index in [-0.39, 0.29) is 18.2 Å². The molecule has 0 aliphatic heterocycles. The van der Waals surface area contributed by atoms with Gasteiger partial charge in [0.15, 0.2) is 0 Å². The molecule has 3 aliphatic carbocycles. The fraction of sp³-hybridized carbons (Fsp3) is 0.682. The Labute approximate surface area is 177 Å². The minimum Gasteiger partial charge on any atom is -0.284 e. The second-order valence-electron chi connectivity index (χ2n) is 9.18. The predicted octanol–water partition coefficient (Wildman–Crippen LogP) is 6.19. The number of benzene rings is 1. The molecule has 9 heteroatoms. The van der Waals surface area contributed by atoms with Crippen LogP contribution in [-0.4, -0.2) is 23.0 Å². The van der Waals surface area contributed by atoms with Crippen molar-refractivity contribution in [3.8, 4) is 0 Å². The summed E-state index contributed by atoms with van der Waals surface area (Å²) in [6, 6.07) is 1.22. The Balaban J connectivity index is 1.62. The third kappa shape index (κ3) is 4.86. The van der Waals surface area contributed by atoms with Gasteiger partial charge in [-0.05, 0) is 62.1 Å². The highest BCUT2D eigenvalue weighted by Crippen LogP contribution is 2.47. The minimum atomic E-state index is -4.98. The van der Waals surface area contributed by atoms with Crippen LogP contribution in [0.15, 0.2) is 18.2 Å². The maximum atomic E-state index is 13.2. The molecule has 172 valence electrons. The molecule has 3 saturated carbocycles. The molecule has 3 fully saturated rings. The highest BCUT2D eigenvalue weighted by molar-refractivity contribution is 5.94. The SMILES string of the molecule is O=C(NN(C1CCCCC1)C1CC2CCC1C2)c1cc(C(F)(F)F)cc(C(F)(F)F)c1. The Morgan fingerprint density at radius 2 is 1.45 bits per heavy atom. The van der Waals surface area contributed by atoms with Crippen molar-refractivity contribution >= 4 is 5.91 Å². The van der Waals surface area contributed by atoms with Crippen LogP contribution < -0.4 is 5.43 Å². The lowest BCUT2D eigenvalue weighted by Crippen LogP contribution is -2.56. The molecular formula is C22H26F6N2O. The third-order valence-corrected chi connectivity index (χ3v) is 7.11. The van der Waals surface area contributed by atoms with Crippen molar-refractivity contribution in [1.82, 2.24) is 10.4 Å². The Morgan fingerprint density at radius 1 is 0.839 bits per heavy atom. The van der Waals surface area contributed by atoms with Crippen LogP contribution >= 0.6 is 0 Å². The number of alkyl halides is 6. The summed E-state index contributed by atoms with van der Waals surface area (Å²) in [4.78, 5) is 12.9. The normalized spacial score (nSPS) is 27.1. The summed E-state index contributed by atoms with van der Waals surface area (Å²) in [5.41, 5.74) is -0.823. The summed E-state index contributed by atoms with van der Waals surface area (Å²) in [6.07, 6.45) is -0.949. The lowest BCUT2D eigenvalue weighted by atomic mass is 9.90. The van der Waals surface area contributed by atoms with E-state index >= 15 is 0 Å². The quantitative estimate of drug-likeness (QED) is 0.440. The second-order valence-corrected chi connectivity index (χ2v) is 9.18. The van der Waals surface area contributed by atoms with Crippen molar-refractivity contribution in [2.75, 3.05) is 0 Å². The summed E-state index contributed by atoms with van der Waals surface area (Å²) in [6.45, 7) is 0. The van der Waals surface area contributed by atoms with Gasteiger partial charge in [-0.25, -0.2) is 5.01 Å². The number of hydrogen-bond acceptors (Lipinski definition) is 2. The van der Waals surface area contributed by atoms with E-state index in [0.717, 1.165) is 57.8 Å². The van der Waals surface area contributed by atoms with Gasteiger partial charge in [0.25, 0.3) is 5.91 Å². The Bertz CT molecular complexity index is 783. The predicted molar refractivity (Wildman–Crippen MR) is 102 cm³/mol. The molecule has 4 rings (SSSR count). The van der Waals surface area contributed by atoms with E-state index in [1.54, 1.807) is 0 Å². The second kappa shape index (κ2) is 8.30. The van der Waals surface area contributed by atoms with Crippen LogP contribution in [0.4, 0.5) is 26.3 Å². The number of fused-ring (bicyclic) bond motifs is 2. The molecule has 3 aliphatic rings. The molecular weight excluding hydrogens is 422 g/mol. The molecule has 1 aromatic rings. The van der Waals surface area contributed by atoms with Crippen LogP contribution in [0.3, 0.4) is 0 Å². The Morgan fingerprint density at radius 3 is 1.94 bits per heavy atom. The number of rotatable bonds is 4. The molecule has 0 saturated heterocycles. The number of hydrogen-bond donors (Lipinski definition) is 1. The van der Waals surface area contributed by atoms with Crippen molar-refractivity contribution in [2.45, 2.75) is 82.2 Å². The van der Waals surface area contributed by atoms with E-state index in [2.05, 4.69) is 5.43 Å². The first-order valence-electron chi connectivity index (χ1n) is 10.9. The van der Waals surface area contributed by atoms with E-state index in [9.17, 15) is 31.1 Å². The van der Waals surface area contributed by atoms with Gasteiger partial charge in [-0.2, -0.15) is 26.3 Å². The monoisotopic (exact) mass is 448 g/mol. The highest BCUT2D eigenvalue weighted by Gasteiger charge is 2.45. The number of carbonyl (C=O) groups is 1. The molecule has 2 bridgehead atoms. The van der Waals surface area contributed by atoms with Gasteiger partial charge in [-0.3, -0.25) is 10.2 Å². The number of amides is 1. The minimum absolute atomic E-state index is 0.0472. The van der Waals surface area contributed by atoms with E-state index in [1.165, 1.54) is 0 Å². The first-order chi connectivity index (χ1) is 14.5. The molecule has 1 aromatic carbocycles. The van der Waals surface area contributed by atoms with Gasteiger partial charge in [0.2, 0.25) is 0 Å². The molecule has 0 spiro atoms. The largest absolute Gasteiger partial charge is 0.416 e. The fourth-order valence-corrected chi connectivity index (χ4v) is 5.62. The van der Waals surface area contributed by atoms with Gasteiger partial charge in [0.05, 0.1) is 11.1 Å². The molecule has 3 atom stereocenters. The topological polar surface area (TPSA) is 32.3 Å². The summed E-state index contributed by atoms with van der Waals surface area (Å²) in [5, 5.41) is 1.89. The number of halogens is 6. The zero-order chi connectivity index (χ0) is 22.4. The molecule has 1 N–H and O–H groups in total. The van der Waals surface area contributed by atoms with E-state index in [1.807, 2.05) is 5.01 Å². The molecule has 3 nitrogen and oxygen atoms in total. The first kappa shape index (κ1) is 22.4. The Kier molecular flexibility index (Phi) is 6.00. The standard InChI is InChI=1S/C22H26F6N2O/c23-21(24,25)16-10-15(11-17(12-16)22(26,27)28)20(31)29-30(18-4-2-1-3-5-18)19-9-13-6-7-14(19)8-13/h10-14,18-19H,1-9H2,(H,29,31). The van der Waals surface area contributed by atoms with Crippen LogP contribution in [0, 0.1) is 11.8 Å². The van der Waals surface area contributed by atoms with Crippen LogP contribution in [0.2, 0.25) is 0 Å². The van der Waals surface area contributed by atoms with Crippen molar-refractivity contribution in [3.63, 3.8) is 0 Å². The average molecular weight is 448 g/mol. The number of hydrazine groups is 1. The molecule has 0 heterocycles. The van der Waals surface area contributed by atoms with Crippen LogP contribution in [-0.2, 0) is 12.4 Å². The number of nitrogens with one attached hydrogen (secondary N) is 1. The summed E-state index contributed by atoms with van der Waals surface area (Å²) < 4.78 is 79.1. The zero-order valence-corrected chi connectivity index (χ0v) is 17.0. The summed E-state index contributed by atoms with van der Waals surface area (Å²) in [7, 11) is 0. The lowest BCUT2D eigenvalue weighted by Gasteiger charge is -2.41. The van der Waals surface area contributed by atoms with Gasteiger partial charge in [-0.1, -0.05) is 25.7 Å². The van der Waals surface area contributed by atoms with E-state index in [4.69, 9.17) is 0 Å². The van der Waals surface area contributed by atoms with Gasteiger partial charge >= 0.3 is 12.4 Å². The van der Waals surface area contributed by atoms with Gasteiger partial charge in [-0.15, -0.1) is 0 Å². The lowest BCUT2D eigenvalue weighted by molar-refractivity contribution is -0.143. The first-order valence-corrected chi connectivity index (χ1v) is 10.9. The fourth-order valence-electron chi connectivity index (χ4n) is 5.62. The smallest absolute Gasteiger partial charge is 0.284 e. The number of nitrogens with zero attached hydrogens (tertiary/aromatic N) is 1. The van der Waals surface area contributed by atoms with Crippen molar-refractivity contribution in [1.29, 1.82) is 0 Å². The van der Waals surface area contributed by atoms with Gasteiger partial charge < -0.3 is 0 Å². The molecule has 0 radical (unpaired) electrons. The van der Waals surface area contributed by atoms with E-state index < -0.39 is 35.0 Å². The zero-order valence-electron chi connectivity index (χ0n) is 17.0.